The van der Waals surface area contributed by atoms with Gasteiger partial charge in [-0.05, 0) is 6.42 Å². The van der Waals surface area contributed by atoms with E-state index in [0.717, 1.165) is 13.3 Å². The Morgan fingerprint density at radius 2 is 1.26 bits per heavy atom. The highest BCUT2D eigenvalue weighted by Crippen LogP contribution is 2.34. The molecule has 24 nitrogen and oxygen atoms in total. The summed E-state index contributed by atoms with van der Waals surface area (Å²) in [7, 11) is 1.26. The number of aliphatic imine (C=N–C) groups is 1. The number of hydrogen-bond donors (Lipinski definition) is 13. The third-order valence-electron chi connectivity index (χ3n) is 8.92. The second-order valence-electron chi connectivity index (χ2n) is 12.8. The summed E-state index contributed by atoms with van der Waals surface area (Å²) < 4.78 is 40.8. The van der Waals surface area contributed by atoms with E-state index in [9.17, 15) is 40.9 Å². The molecule has 0 aromatic heterocycles. The summed E-state index contributed by atoms with van der Waals surface area (Å²) in [5.74, 6) is -0.833. The van der Waals surface area contributed by atoms with Crippen LogP contribution >= 0.6 is 0 Å². The zero-order valence-electron chi connectivity index (χ0n) is 29.2. The van der Waals surface area contributed by atoms with Gasteiger partial charge in [0.25, 0.3) is 5.97 Å². The summed E-state index contributed by atoms with van der Waals surface area (Å²) in [5, 5.41) is 90.5. The van der Waals surface area contributed by atoms with Gasteiger partial charge in [0, 0.05) is 19.0 Å². The van der Waals surface area contributed by atoms with Gasteiger partial charge in [0.05, 0.1) is 58.3 Å². The number of carbonyl (C=O) groups is 1. The van der Waals surface area contributed by atoms with Crippen molar-refractivity contribution < 1.29 is 93.7 Å². The van der Waals surface area contributed by atoms with Gasteiger partial charge in [-0.1, -0.05) is 0 Å². The molecule has 3 heterocycles. The van der Waals surface area contributed by atoms with Gasteiger partial charge in [-0.25, -0.2) is 0 Å². The first kappa shape index (κ1) is 45.5. The Hall–Kier alpha value is -1.86. The zero-order chi connectivity index (χ0) is 39.6. The summed E-state index contributed by atoms with van der Waals surface area (Å²) in [6.45, 7) is -0.443. The van der Waals surface area contributed by atoms with Crippen molar-refractivity contribution in [1.29, 1.82) is 0 Å². The highest BCUT2D eigenvalue weighted by molar-refractivity contribution is 5.62. The van der Waals surface area contributed by atoms with Crippen LogP contribution in [0.15, 0.2) is 4.99 Å². The molecular weight excluding hydrogens is 722 g/mol. The molecule has 0 spiro atoms. The van der Waals surface area contributed by atoms with Crippen LogP contribution in [0.5, 0.6) is 0 Å². The molecule has 4 fully saturated rings. The molecule has 0 bridgehead atoms. The number of carboxylic acids is 1. The van der Waals surface area contributed by atoms with Crippen LogP contribution in [-0.2, 0) is 47.7 Å². The number of aliphatic carboxylic acids is 1. The Bertz CT molecular complexity index is 1110. The van der Waals surface area contributed by atoms with Crippen molar-refractivity contribution in [3.8, 4) is 0 Å². The number of nitrogens with two attached hydrogens (primary N) is 4. The lowest BCUT2D eigenvalue weighted by atomic mass is 9.84. The van der Waals surface area contributed by atoms with E-state index < -0.39 is 129 Å². The first-order valence-electron chi connectivity index (χ1n) is 16.8. The maximum atomic E-state index is 11.4. The van der Waals surface area contributed by atoms with Crippen LogP contribution in [0, 0.1) is 0 Å². The molecule has 1 saturated carbocycles. The number of aliphatic hydroxyl groups is 8. The van der Waals surface area contributed by atoms with Crippen molar-refractivity contribution in [3.63, 3.8) is 0 Å². The van der Waals surface area contributed by atoms with Gasteiger partial charge in [0.1, 0.15) is 67.1 Å². The van der Waals surface area contributed by atoms with Crippen LogP contribution in [0.2, 0.25) is 0 Å². The van der Waals surface area contributed by atoms with E-state index in [1.165, 1.54) is 7.11 Å². The molecule has 3 saturated heterocycles. The third-order valence-corrected chi connectivity index (χ3v) is 8.92. The average Bonchev–Trinajstić information content (AvgIpc) is 3.40. The topological polar surface area (TPSA) is 399 Å². The summed E-state index contributed by atoms with van der Waals surface area (Å²) in [6, 6.07) is -4.42. The van der Waals surface area contributed by atoms with Crippen LogP contribution < -0.4 is 22.9 Å². The van der Waals surface area contributed by atoms with Crippen LogP contribution in [0.25, 0.3) is 0 Å². The average molecular weight is 778 g/mol. The number of nitrogens with zero attached hydrogens (tertiary/aromatic N) is 1. The SMILES string of the molecule is CC(=O)O.COOC=NCC1OC(OC2C(COCCO)OC(OC3C(O)C(N)CC(N)C3OC3OC(CO)C(O)C(O)C3N)C2O)C(N)C(O)C1O. The zero-order valence-corrected chi connectivity index (χ0v) is 29.2. The lowest BCUT2D eigenvalue weighted by Gasteiger charge is -2.47. The molecule has 0 amide bonds. The van der Waals surface area contributed by atoms with Crippen molar-refractivity contribution in [2.45, 2.75) is 130 Å². The molecule has 53 heavy (non-hydrogen) atoms. The van der Waals surface area contributed by atoms with Crippen molar-refractivity contribution in [2.24, 2.45) is 27.9 Å². The van der Waals surface area contributed by atoms with Crippen molar-refractivity contribution in [3.05, 3.63) is 0 Å². The van der Waals surface area contributed by atoms with Crippen LogP contribution in [0.1, 0.15) is 13.3 Å². The first-order chi connectivity index (χ1) is 25.1. The maximum Gasteiger partial charge on any atom is 0.300 e. The Morgan fingerprint density at radius 3 is 1.83 bits per heavy atom. The molecule has 4 rings (SSSR count). The highest BCUT2D eigenvalue weighted by Gasteiger charge is 2.54. The Labute approximate surface area is 303 Å². The lowest BCUT2D eigenvalue weighted by Crippen LogP contribution is -2.68. The smallest absolute Gasteiger partial charge is 0.300 e. The molecule has 17 N–H and O–H groups in total. The second kappa shape index (κ2) is 21.4. The van der Waals surface area contributed by atoms with Gasteiger partial charge in [-0.3, -0.25) is 9.79 Å². The van der Waals surface area contributed by atoms with Crippen LogP contribution in [0.4, 0.5) is 0 Å². The Kier molecular flexibility index (Phi) is 18.4. The molecule has 0 radical (unpaired) electrons. The van der Waals surface area contributed by atoms with Gasteiger partial charge in [-0.2, -0.15) is 4.89 Å². The second-order valence-corrected chi connectivity index (χ2v) is 12.8. The summed E-state index contributed by atoms with van der Waals surface area (Å²) in [4.78, 5) is 21.9. The van der Waals surface area contributed by atoms with Crippen molar-refractivity contribution in [2.75, 3.05) is 40.1 Å². The van der Waals surface area contributed by atoms with E-state index in [1.54, 1.807) is 0 Å². The lowest BCUT2D eigenvalue weighted by molar-refractivity contribution is -0.310. The predicted molar refractivity (Wildman–Crippen MR) is 173 cm³/mol. The fourth-order valence-electron chi connectivity index (χ4n) is 6.13. The largest absolute Gasteiger partial charge is 0.481 e. The molecule has 0 aromatic carbocycles. The van der Waals surface area contributed by atoms with Crippen LogP contribution in [0.3, 0.4) is 0 Å². The van der Waals surface area contributed by atoms with Crippen LogP contribution in [-0.4, -0.2) is 215 Å². The molecular formula is C29H55N5O19. The number of ether oxygens (including phenoxy) is 7. The fourth-order valence-corrected chi connectivity index (χ4v) is 6.13. The van der Waals surface area contributed by atoms with Gasteiger partial charge in [0.2, 0.25) is 6.40 Å². The molecule has 19 unspecified atom stereocenters. The number of aliphatic hydroxyl groups excluding tert-OH is 8. The Morgan fingerprint density at radius 1 is 0.736 bits per heavy atom. The normalized spacial score (nSPS) is 44.8. The maximum absolute atomic E-state index is 11.4. The minimum Gasteiger partial charge on any atom is -0.481 e. The minimum atomic E-state index is -1.64. The first-order valence-corrected chi connectivity index (χ1v) is 16.8. The molecule has 4 aliphatic rings. The van der Waals surface area contributed by atoms with Gasteiger partial charge >= 0.3 is 0 Å². The standard InChI is InChI=1S/C27H51N5O17.C2H4O2/c1-41-43-8-32-5-11-17(36)19(38)14(30)25(44-11)48-23-13(7-42-3-2-33)46-27(21(23)40)49-24-16(35)9(28)4-10(29)22(24)47-26-15(31)20(39)18(37)12(6-34)45-26;1-2(3)4/h8-27,33-40H,2-7,28-31H2,1H3;1H3,(H,3,4). The minimum absolute atomic E-state index is 0.0492. The number of hydrogen-bond acceptors (Lipinski definition) is 23. The highest BCUT2D eigenvalue weighted by atomic mass is 17.2. The van der Waals surface area contributed by atoms with E-state index >= 15 is 0 Å². The fraction of sp³-hybridized carbons (Fsp3) is 0.931. The molecule has 0 aromatic rings. The van der Waals surface area contributed by atoms with Gasteiger partial charge in [0.15, 0.2) is 18.9 Å². The molecule has 1 aliphatic carbocycles. The monoisotopic (exact) mass is 777 g/mol. The summed E-state index contributed by atoms with van der Waals surface area (Å²) >= 11 is 0. The molecule has 24 heteroatoms. The van der Waals surface area contributed by atoms with E-state index in [0.29, 0.717) is 0 Å². The molecule has 310 valence electrons. The van der Waals surface area contributed by atoms with E-state index in [-0.39, 0.29) is 32.8 Å². The van der Waals surface area contributed by atoms with Gasteiger partial charge < -0.3 is 107 Å². The van der Waals surface area contributed by atoms with Gasteiger partial charge in [-0.15, -0.1) is 0 Å². The molecule has 19 atom stereocenters. The van der Waals surface area contributed by atoms with E-state index in [4.69, 9.17) is 66.0 Å². The predicted octanol–water partition coefficient (Wildman–Crippen LogP) is -8.11. The van der Waals surface area contributed by atoms with E-state index in [2.05, 4.69) is 14.8 Å². The van der Waals surface area contributed by atoms with Crippen molar-refractivity contribution >= 4 is 12.4 Å². The summed E-state index contributed by atoms with van der Waals surface area (Å²) in [5.41, 5.74) is 24.7. The van der Waals surface area contributed by atoms with E-state index in [1.807, 2.05) is 0 Å². The number of carboxylic acid groups (broad SMARTS) is 1. The quantitative estimate of drug-likeness (QED) is 0.0241. The summed E-state index contributed by atoms with van der Waals surface area (Å²) in [6.07, 6.45) is -19.9. The Balaban J connectivity index is 0.00000180. The van der Waals surface area contributed by atoms with Crippen molar-refractivity contribution in [1.82, 2.24) is 0 Å². The molecule has 3 aliphatic heterocycles. The number of rotatable bonds is 15. The third kappa shape index (κ3) is 11.8.